The van der Waals surface area contributed by atoms with Crippen molar-refractivity contribution >= 4 is 21.3 Å². The van der Waals surface area contributed by atoms with Crippen LogP contribution in [-0.2, 0) is 17.3 Å². The summed E-state index contributed by atoms with van der Waals surface area (Å²) >= 11 is 6.03. The Morgan fingerprint density at radius 1 is 1.36 bits per heavy atom. The second kappa shape index (κ2) is 5.87. The predicted molar refractivity (Wildman–Crippen MR) is 36.1 cm³/mol. The summed E-state index contributed by atoms with van der Waals surface area (Å²) in [6.07, 6.45) is 0. The molecule has 0 heterocycles. The molecule has 0 aliphatic heterocycles. The van der Waals surface area contributed by atoms with E-state index in [2.05, 4.69) is 0 Å². The molecule has 0 unspecified atom stereocenters. The number of benzene rings is 1. The van der Waals surface area contributed by atoms with Crippen molar-refractivity contribution in [2.75, 3.05) is 0 Å². The molecule has 0 aromatic heterocycles. The van der Waals surface area contributed by atoms with Gasteiger partial charge in [0.05, 0.1) is 5.82 Å². The fraction of sp³-hybridized carbons (Fsp3) is 0. The molecular formula is C6H2Cl2F2Zn. The SMILES string of the molecule is Fc1[c-]ccc(Cl)c1F.[Cl][Zn+]. The maximum absolute atomic E-state index is 12.2. The molecule has 0 amide bonds. The first-order chi connectivity index (χ1) is 5.22. The van der Waals surface area contributed by atoms with Crippen molar-refractivity contribution in [1.82, 2.24) is 0 Å². The molecule has 1 rings (SSSR count). The van der Waals surface area contributed by atoms with Gasteiger partial charge in [0, 0.05) is 5.82 Å². The Morgan fingerprint density at radius 2 is 1.91 bits per heavy atom. The van der Waals surface area contributed by atoms with Gasteiger partial charge in [-0.25, -0.2) is 4.39 Å². The van der Waals surface area contributed by atoms with Crippen molar-refractivity contribution in [1.29, 1.82) is 0 Å². The van der Waals surface area contributed by atoms with Crippen LogP contribution in [0.1, 0.15) is 0 Å². The van der Waals surface area contributed by atoms with E-state index in [4.69, 9.17) is 21.3 Å². The molecule has 0 bridgehead atoms. The molecule has 0 fully saturated rings. The molecule has 0 radical (unpaired) electrons. The molecule has 0 N–H and O–H groups in total. The van der Waals surface area contributed by atoms with Crippen LogP contribution >= 0.6 is 21.3 Å². The van der Waals surface area contributed by atoms with Crippen LogP contribution < -0.4 is 0 Å². The summed E-state index contributed by atoms with van der Waals surface area (Å²) in [5.74, 6) is -2.08. The van der Waals surface area contributed by atoms with Crippen molar-refractivity contribution in [3.8, 4) is 0 Å². The summed E-state index contributed by atoms with van der Waals surface area (Å²) in [6, 6.07) is 4.47. The molecule has 0 saturated heterocycles. The topological polar surface area (TPSA) is 0 Å². The van der Waals surface area contributed by atoms with Gasteiger partial charge in [-0.2, -0.15) is 6.07 Å². The molecular weight excluding hydrogens is 246 g/mol. The molecule has 0 aliphatic carbocycles. The van der Waals surface area contributed by atoms with Crippen molar-refractivity contribution in [2.24, 2.45) is 0 Å². The summed E-state index contributed by atoms with van der Waals surface area (Å²) in [4.78, 5) is 0. The summed E-state index contributed by atoms with van der Waals surface area (Å²) in [5, 5.41) is -0.216. The normalized spacial score (nSPS) is 8.55. The zero-order chi connectivity index (χ0) is 8.85. The first-order valence-corrected chi connectivity index (χ1v) is 6.77. The average molecular weight is 248 g/mol. The second-order valence-corrected chi connectivity index (χ2v) is 1.86. The minimum atomic E-state index is -1.04. The van der Waals surface area contributed by atoms with Crippen LogP contribution in [0.4, 0.5) is 8.78 Å². The van der Waals surface area contributed by atoms with Crippen LogP contribution in [0, 0.1) is 17.7 Å². The van der Waals surface area contributed by atoms with Crippen LogP contribution in [0.5, 0.6) is 0 Å². The van der Waals surface area contributed by atoms with Crippen molar-refractivity contribution in [3.05, 3.63) is 34.9 Å². The maximum atomic E-state index is 12.2. The van der Waals surface area contributed by atoms with Gasteiger partial charge >= 0.3 is 27.0 Å². The number of rotatable bonds is 0. The van der Waals surface area contributed by atoms with Crippen LogP contribution in [0.25, 0.3) is 0 Å². The molecule has 0 atom stereocenters. The van der Waals surface area contributed by atoms with E-state index in [9.17, 15) is 8.78 Å². The van der Waals surface area contributed by atoms with Crippen LogP contribution in [0.2, 0.25) is 5.02 Å². The number of hydrogen-bond donors (Lipinski definition) is 0. The van der Waals surface area contributed by atoms with Gasteiger partial charge in [-0.1, -0.05) is 0 Å². The van der Waals surface area contributed by atoms with Gasteiger partial charge in [0.25, 0.3) is 0 Å². The van der Waals surface area contributed by atoms with E-state index in [0.29, 0.717) is 0 Å². The van der Waals surface area contributed by atoms with Gasteiger partial charge in [-0.3, -0.25) is 4.39 Å². The third-order valence-corrected chi connectivity index (χ3v) is 1.13. The third kappa shape index (κ3) is 3.46. The zero-order valence-corrected chi connectivity index (χ0v) is 9.85. The van der Waals surface area contributed by atoms with Gasteiger partial charge in [0.2, 0.25) is 0 Å². The van der Waals surface area contributed by atoms with Crippen molar-refractivity contribution < 1.29 is 26.1 Å². The molecule has 0 spiro atoms. The average Bonchev–Trinajstić information content (AvgIpc) is 2.04. The Labute approximate surface area is 82.2 Å². The van der Waals surface area contributed by atoms with E-state index >= 15 is 0 Å². The first-order valence-electron chi connectivity index (χ1n) is 2.49. The molecule has 5 heteroatoms. The van der Waals surface area contributed by atoms with E-state index in [1.54, 1.807) is 0 Å². The molecule has 1 aromatic rings. The minimum absolute atomic E-state index is 0.216. The van der Waals surface area contributed by atoms with Gasteiger partial charge in [0.1, 0.15) is 0 Å². The van der Waals surface area contributed by atoms with Gasteiger partial charge < -0.3 is 0 Å². The van der Waals surface area contributed by atoms with E-state index in [0.717, 1.165) is 17.3 Å². The molecule has 0 saturated carbocycles. The Hall–Kier alpha value is 0.283. The van der Waals surface area contributed by atoms with Gasteiger partial charge in [-0.15, -0.1) is 23.7 Å². The van der Waals surface area contributed by atoms with E-state index < -0.39 is 11.6 Å². The molecule has 0 nitrogen and oxygen atoms in total. The van der Waals surface area contributed by atoms with Gasteiger partial charge in [0.15, 0.2) is 0 Å². The van der Waals surface area contributed by atoms with Crippen LogP contribution in [0.3, 0.4) is 0 Å². The summed E-state index contributed by atoms with van der Waals surface area (Å²) in [6.45, 7) is 0. The predicted octanol–water partition coefficient (Wildman–Crippen LogP) is 3.11. The molecule has 56 valence electrons. The monoisotopic (exact) mass is 246 g/mol. The Morgan fingerprint density at radius 3 is 2.27 bits per heavy atom. The quantitative estimate of drug-likeness (QED) is 0.376. The first kappa shape index (κ1) is 11.3. The molecule has 0 aliphatic rings. The van der Waals surface area contributed by atoms with Gasteiger partial charge in [-0.05, 0) is 5.02 Å². The molecule has 11 heavy (non-hydrogen) atoms. The summed E-state index contributed by atoms with van der Waals surface area (Å²) in [5.41, 5.74) is 0. The van der Waals surface area contributed by atoms with Crippen molar-refractivity contribution in [2.45, 2.75) is 0 Å². The van der Waals surface area contributed by atoms with Crippen LogP contribution in [-0.4, -0.2) is 0 Å². The van der Waals surface area contributed by atoms with E-state index in [1.807, 2.05) is 6.07 Å². The molecule has 1 aromatic carbocycles. The fourth-order valence-corrected chi connectivity index (χ4v) is 0.575. The zero-order valence-electron chi connectivity index (χ0n) is 5.37. The van der Waals surface area contributed by atoms with Crippen LogP contribution in [0.15, 0.2) is 12.1 Å². The second-order valence-electron chi connectivity index (χ2n) is 1.45. The van der Waals surface area contributed by atoms with E-state index in [-0.39, 0.29) is 5.02 Å². The van der Waals surface area contributed by atoms with E-state index in [1.165, 1.54) is 12.1 Å². The third-order valence-electron chi connectivity index (χ3n) is 0.842. The number of halogens is 4. The Balaban J connectivity index is 0.000000461. The summed E-state index contributed by atoms with van der Waals surface area (Å²) < 4.78 is 24.3. The summed E-state index contributed by atoms with van der Waals surface area (Å²) in [7, 11) is 4.76. The Bertz CT molecular complexity index is 210. The van der Waals surface area contributed by atoms with Crippen molar-refractivity contribution in [3.63, 3.8) is 0 Å². The number of hydrogen-bond acceptors (Lipinski definition) is 0. The standard InChI is InChI=1S/C6H2ClF2.ClH.Zn/c7-4-2-1-3-5(8)6(4)9;;/h1-2H;1H;/q-1;;+2/p-1. The fourth-order valence-electron chi connectivity index (χ4n) is 0.429. The Kier molecular flexibility index (Phi) is 6.03.